The summed E-state index contributed by atoms with van der Waals surface area (Å²) < 4.78 is 0. The minimum absolute atomic E-state index is 0.138. The second-order valence-electron chi connectivity index (χ2n) is 5.68. The van der Waals surface area contributed by atoms with Crippen LogP contribution in [0.5, 0.6) is 0 Å². The normalized spacial score (nSPS) is 20.4. The van der Waals surface area contributed by atoms with Gasteiger partial charge in [-0.1, -0.05) is 37.1 Å². The Morgan fingerprint density at radius 2 is 2.05 bits per heavy atom. The minimum atomic E-state index is -0.138. The molecule has 4 nitrogen and oxygen atoms in total. The first-order valence-corrected chi connectivity index (χ1v) is 7.51. The maximum Gasteiger partial charge on any atom is 0.238 e. The number of benzene rings is 1. The Bertz CT molecular complexity index is 447. The Hall–Kier alpha value is -1.39. The maximum absolute atomic E-state index is 11.5. The lowest BCUT2D eigenvalue weighted by atomic mass is 10.0. The van der Waals surface area contributed by atoms with Gasteiger partial charge in [0.15, 0.2) is 0 Å². The number of amides is 1. The molecular weight excluding hydrogens is 250 g/mol. The van der Waals surface area contributed by atoms with Crippen LogP contribution < -0.4 is 11.3 Å². The molecule has 0 aliphatic carbocycles. The lowest BCUT2D eigenvalue weighted by Gasteiger charge is -2.27. The zero-order chi connectivity index (χ0) is 14.4. The van der Waals surface area contributed by atoms with Crippen molar-refractivity contribution in [3.05, 3.63) is 35.4 Å². The molecule has 1 aromatic carbocycles. The summed E-state index contributed by atoms with van der Waals surface area (Å²) in [6.45, 7) is 4.38. The van der Waals surface area contributed by atoms with Crippen molar-refractivity contribution in [3.63, 3.8) is 0 Å². The van der Waals surface area contributed by atoms with Gasteiger partial charge in [-0.15, -0.1) is 0 Å². The molecule has 1 atom stereocenters. The van der Waals surface area contributed by atoms with Gasteiger partial charge in [-0.2, -0.15) is 0 Å². The Labute approximate surface area is 121 Å². The van der Waals surface area contributed by atoms with Crippen molar-refractivity contribution in [1.82, 2.24) is 10.3 Å². The molecule has 110 valence electrons. The van der Waals surface area contributed by atoms with Gasteiger partial charge < -0.3 is 0 Å². The summed E-state index contributed by atoms with van der Waals surface area (Å²) >= 11 is 0. The van der Waals surface area contributed by atoms with E-state index in [1.54, 1.807) is 0 Å². The zero-order valence-corrected chi connectivity index (χ0v) is 12.3. The number of nitrogens with two attached hydrogens (primary N) is 1. The van der Waals surface area contributed by atoms with Crippen LogP contribution in [0.15, 0.2) is 24.3 Å². The van der Waals surface area contributed by atoms with E-state index >= 15 is 0 Å². The highest BCUT2D eigenvalue weighted by Crippen LogP contribution is 2.20. The molecule has 1 saturated heterocycles. The van der Waals surface area contributed by atoms with E-state index in [4.69, 9.17) is 5.84 Å². The molecule has 1 unspecified atom stereocenters. The third-order valence-electron chi connectivity index (χ3n) is 4.19. The third kappa shape index (κ3) is 4.05. The quantitative estimate of drug-likeness (QED) is 0.502. The molecule has 1 aromatic rings. The third-order valence-corrected chi connectivity index (χ3v) is 4.19. The summed E-state index contributed by atoms with van der Waals surface area (Å²) in [5.41, 5.74) is 4.53. The van der Waals surface area contributed by atoms with E-state index in [1.165, 1.54) is 31.2 Å². The van der Waals surface area contributed by atoms with Gasteiger partial charge in [0.2, 0.25) is 5.91 Å². The van der Waals surface area contributed by atoms with E-state index < -0.39 is 0 Å². The van der Waals surface area contributed by atoms with E-state index in [0.29, 0.717) is 12.5 Å². The van der Waals surface area contributed by atoms with Gasteiger partial charge in [0.25, 0.3) is 0 Å². The van der Waals surface area contributed by atoms with E-state index in [9.17, 15) is 4.79 Å². The number of carbonyl (C=O) groups excluding carboxylic acids is 1. The monoisotopic (exact) mass is 275 g/mol. The van der Waals surface area contributed by atoms with Gasteiger partial charge in [-0.05, 0) is 37.4 Å². The fraction of sp³-hybridized carbons (Fsp3) is 0.562. The van der Waals surface area contributed by atoms with Crippen LogP contribution in [0.3, 0.4) is 0 Å². The first-order valence-electron chi connectivity index (χ1n) is 7.51. The largest absolute Gasteiger partial charge is 0.296 e. The molecule has 0 saturated carbocycles. The molecule has 1 fully saturated rings. The number of hydrazine groups is 1. The number of carbonyl (C=O) groups is 1. The van der Waals surface area contributed by atoms with Crippen LogP contribution in [-0.4, -0.2) is 23.4 Å². The fourth-order valence-corrected chi connectivity index (χ4v) is 2.90. The molecule has 1 aliphatic rings. The Morgan fingerprint density at radius 1 is 1.30 bits per heavy atom. The first kappa shape index (κ1) is 15.0. The van der Waals surface area contributed by atoms with Crippen molar-refractivity contribution in [2.45, 2.75) is 51.6 Å². The van der Waals surface area contributed by atoms with Gasteiger partial charge in [-0.3, -0.25) is 15.1 Å². The molecule has 2 rings (SSSR count). The first-order chi connectivity index (χ1) is 9.70. The molecule has 20 heavy (non-hydrogen) atoms. The number of nitrogens with one attached hydrogen (secondary N) is 1. The molecular formula is C16H25N3O. The van der Waals surface area contributed by atoms with Crippen molar-refractivity contribution < 1.29 is 4.79 Å². The summed E-state index contributed by atoms with van der Waals surface area (Å²) in [6.07, 6.45) is 5.56. The van der Waals surface area contributed by atoms with Crippen molar-refractivity contribution in [1.29, 1.82) is 0 Å². The highest BCUT2D eigenvalue weighted by atomic mass is 16.2. The molecule has 0 radical (unpaired) electrons. The van der Waals surface area contributed by atoms with Gasteiger partial charge in [0, 0.05) is 12.6 Å². The van der Waals surface area contributed by atoms with Gasteiger partial charge >= 0.3 is 0 Å². The highest BCUT2D eigenvalue weighted by molar-refractivity contribution is 5.78. The Morgan fingerprint density at radius 3 is 2.80 bits per heavy atom. The average Bonchev–Trinajstić information content (AvgIpc) is 2.66. The molecule has 1 amide bonds. The average molecular weight is 275 g/mol. The lowest BCUT2D eigenvalue weighted by molar-refractivity contribution is -0.120. The number of hydrogen-bond donors (Lipinski definition) is 2. The van der Waals surface area contributed by atoms with Crippen LogP contribution in [0.4, 0.5) is 0 Å². The predicted molar refractivity (Wildman–Crippen MR) is 80.8 cm³/mol. The highest BCUT2D eigenvalue weighted by Gasteiger charge is 2.18. The fourth-order valence-electron chi connectivity index (χ4n) is 2.90. The minimum Gasteiger partial charge on any atom is -0.296 e. The number of rotatable bonds is 4. The van der Waals surface area contributed by atoms with E-state index in [2.05, 4.69) is 23.3 Å². The SMILES string of the molecule is CC1CCCCCN1Cc1ccccc1CC(=O)NN. The smallest absolute Gasteiger partial charge is 0.238 e. The number of likely N-dealkylation sites (tertiary alicyclic amines) is 1. The van der Waals surface area contributed by atoms with Crippen LogP contribution in [-0.2, 0) is 17.8 Å². The van der Waals surface area contributed by atoms with Gasteiger partial charge in [0.05, 0.1) is 6.42 Å². The molecule has 3 N–H and O–H groups in total. The molecule has 4 heteroatoms. The zero-order valence-electron chi connectivity index (χ0n) is 12.3. The summed E-state index contributed by atoms with van der Waals surface area (Å²) in [5.74, 6) is 5.05. The Balaban J connectivity index is 2.09. The lowest BCUT2D eigenvalue weighted by Crippen LogP contribution is -2.33. The van der Waals surface area contributed by atoms with Crippen molar-refractivity contribution in [2.75, 3.05) is 6.54 Å². The van der Waals surface area contributed by atoms with Crippen LogP contribution in [0, 0.1) is 0 Å². The topological polar surface area (TPSA) is 58.4 Å². The van der Waals surface area contributed by atoms with Crippen LogP contribution in [0.2, 0.25) is 0 Å². The second-order valence-corrected chi connectivity index (χ2v) is 5.68. The predicted octanol–water partition coefficient (Wildman–Crippen LogP) is 1.98. The second kappa shape index (κ2) is 7.41. The summed E-state index contributed by atoms with van der Waals surface area (Å²) in [7, 11) is 0. The molecule has 0 bridgehead atoms. The van der Waals surface area contributed by atoms with Crippen molar-refractivity contribution >= 4 is 5.91 Å². The van der Waals surface area contributed by atoms with Crippen molar-refractivity contribution in [3.8, 4) is 0 Å². The summed E-state index contributed by atoms with van der Waals surface area (Å²) in [4.78, 5) is 14.0. The number of nitrogens with zero attached hydrogens (tertiary/aromatic N) is 1. The molecule has 1 aliphatic heterocycles. The van der Waals surface area contributed by atoms with E-state index in [-0.39, 0.29) is 5.91 Å². The summed E-state index contributed by atoms with van der Waals surface area (Å²) in [6, 6.07) is 8.79. The van der Waals surface area contributed by atoms with Crippen LogP contribution in [0.1, 0.15) is 43.7 Å². The molecule has 0 spiro atoms. The van der Waals surface area contributed by atoms with Crippen LogP contribution >= 0.6 is 0 Å². The van der Waals surface area contributed by atoms with E-state index in [0.717, 1.165) is 18.7 Å². The van der Waals surface area contributed by atoms with E-state index in [1.807, 2.05) is 18.2 Å². The van der Waals surface area contributed by atoms with Gasteiger partial charge in [-0.25, -0.2) is 5.84 Å². The number of hydrogen-bond acceptors (Lipinski definition) is 3. The molecule has 0 aromatic heterocycles. The standard InChI is InChI=1S/C16H25N3O/c1-13-7-3-2-6-10-19(13)12-15-9-5-4-8-14(15)11-16(20)18-17/h4-5,8-9,13H,2-3,6-7,10-12,17H2,1H3,(H,18,20). The molecule has 1 heterocycles. The summed E-state index contributed by atoms with van der Waals surface area (Å²) in [5, 5.41) is 0. The Kier molecular flexibility index (Phi) is 5.56. The van der Waals surface area contributed by atoms with Gasteiger partial charge in [0.1, 0.15) is 0 Å². The van der Waals surface area contributed by atoms with Crippen LogP contribution in [0.25, 0.3) is 0 Å². The maximum atomic E-state index is 11.5. The van der Waals surface area contributed by atoms with Crippen molar-refractivity contribution in [2.24, 2.45) is 5.84 Å².